The van der Waals surface area contributed by atoms with Gasteiger partial charge in [-0.2, -0.15) is 14.8 Å². The van der Waals surface area contributed by atoms with Crippen molar-refractivity contribution < 1.29 is 0 Å². The highest BCUT2D eigenvalue weighted by atomic mass is 35.5. The summed E-state index contributed by atoms with van der Waals surface area (Å²) in [6, 6.07) is 5.34. The summed E-state index contributed by atoms with van der Waals surface area (Å²) in [7, 11) is 1.87. The van der Waals surface area contributed by atoms with E-state index in [2.05, 4.69) is 20.1 Å². The number of hydrogen-bond donors (Lipinski definition) is 1. The van der Waals surface area contributed by atoms with Gasteiger partial charge in [-0.15, -0.1) is 0 Å². The first kappa shape index (κ1) is 14.9. The minimum Gasteiger partial charge on any atom is -0.368 e. The van der Waals surface area contributed by atoms with Crippen LogP contribution in [0.4, 0.5) is 5.95 Å². The summed E-state index contributed by atoms with van der Waals surface area (Å²) >= 11 is 12.4. The largest absolute Gasteiger partial charge is 0.368 e. The highest BCUT2D eigenvalue weighted by Crippen LogP contribution is 2.34. The molecule has 120 valence electrons. The monoisotopic (exact) mass is 359 g/mol. The van der Waals surface area contributed by atoms with Gasteiger partial charge in [-0.05, 0) is 12.1 Å². The molecule has 0 bridgehead atoms. The number of fused-ring (bicyclic) bond motifs is 1. The predicted molar refractivity (Wildman–Crippen MR) is 93.3 cm³/mol. The maximum Gasteiger partial charge on any atom is 0.234 e. The number of halogens is 2. The van der Waals surface area contributed by atoms with Crippen LogP contribution in [0, 0.1) is 0 Å². The standard InChI is InChI=1S/C15H11Cl2N7/c1-23-13-10(9-3-2-8(16)4-11(9)17)5-19-6-12(13)22-15(23)24-14(18)20-7-21-24/h2-7H,1H3,(H2,18,20,21). The average molecular weight is 360 g/mol. The molecule has 4 rings (SSSR count). The summed E-state index contributed by atoms with van der Waals surface area (Å²) in [6.07, 6.45) is 4.80. The van der Waals surface area contributed by atoms with Crippen LogP contribution in [-0.2, 0) is 7.05 Å². The summed E-state index contributed by atoms with van der Waals surface area (Å²) in [5.74, 6) is 0.798. The lowest BCUT2D eigenvalue weighted by Crippen LogP contribution is -2.08. The van der Waals surface area contributed by atoms with Crippen LogP contribution in [0.5, 0.6) is 0 Å². The number of nitrogen functional groups attached to an aromatic ring is 1. The minimum absolute atomic E-state index is 0.257. The summed E-state index contributed by atoms with van der Waals surface area (Å²) in [6.45, 7) is 0. The Kier molecular flexibility index (Phi) is 3.40. The van der Waals surface area contributed by atoms with Crippen molar-refractivity contribution in [2.24, 2.45) is 7.05 Å². The number of aromatic nitrogens is 6. The Labute approximate surface area is 146 Å². The molecule has 3 heterocycles. The van der Waals surface area contributed by atoms with E-state index in [4.69, 9.17) is 28.9 Å². The van der Waals surface area contributed by atoms with Crippen molar-refractivity contribution in [2.75, 3.05) is 5.73 Å². The van der Waals surface area contributed by atoms with Gasteiger partial charge >= 0.3 is 0 Å². The Hall–Kier alpha value is -2.64. The smallest absolute Gasteiger partial charge is 0.234 e. The molecule has 2 N–H and O–H groups in total. The van der Waals surface area contributed by atoms with Gasteiger partial charge in [0.2, 0.25) is 11.9 Å². The molecule has 0 saturated carbocycles. The molecule has 0 unspecified atom stereocenters. The first-order valence-corrected chi connectivity index (χ1v) is 7.73. The van der Waals surface area contributed by atoms with Crippen molar-refractivity contribution in [1.29, 1.82) is 0 Å². The third-order valence-electron chi connectivity index (χ3n) is 3.74. The number of imidazole rings is 1. The maximum atomic E-state index is 6.36. The fraction of sp³-hybridized carbons (Fsp3) is 0.0667. The Balaban J connectivity index is 2.02. The molecule has 4 aromatic rings. The molecule has 0 aliphatic heterocycles. The Morgan fingerprint density at radius 1 is 1.12 bits per heavy atom. The van der Waals surface area contributed by atoms with E-state index < -0.39 is 0 Å². The molecule has 3 aromatic heterocycles. The number of nitrogens with zero attached hydrogens (tertiary/aromatic N) is 6. The molecular weight excluding hydrogens is 349 g/mol. The summed E-state index contributed by atoms with van der Waals surface area (Å²) in [4.78, 5) is 12.8. The predicted octanol–water partition coefficient (Wildman–Crippen LogP) is 3.11. The second-order valence-corrected chi connectivity index (χ2v) is 6.02. The van der Waals surface area contributed by atoms with Gasteiger partial charge in [0.15, 0.2) is 0 Å². The Morgan fingerprint density at radius 2 is 1.96 bits per heavy atom. The molecule has 0 fully saturated rings. The number of anilines is 1. The fourth-order valence-corrected chi connectivity index (χ4v) is 3.17. The van der Waals surface area contributed by atoms with Gasteiger partial charge in [-0.1, -0.05) is 29.3 Å². The van der Waals surface area contributed by atoms with Crippen LogP contribution in [-0.4, -0.2) is 29.3 Å². The lowest BCUT2D eigenvalue weighted by atomic mass is 10.1. The molecule has 0 aliphatic rings. The van der Waals surface area contributed by atoms with Crippen LogP contribution < -0.4 is 5.73 Å². The number of hydrogen-bond acceptors (Lipinski definition) is 5. The van der Waals surface area contributed by atoms with Crippen molar-refractivity contribution in [1.82, 2.24) is 29.3 Å². The normalized spacial score (nSPS) is 11.3. The SMILES string of the molecule is Cn1c(-n2ncnc2N)nc2cncc(-c3ccc(Cl)cc3Cl)c21. The summed E-state index contributed by atoms with van der Waals surface area (Å²) in [5, 5.41) is 5.22. The average Bonchev–Trinajstić information content (AvgIpc) is 3.11. The first-order chi connectivity index (χ1) is 11.6. The van der Waals surface area contributed by atoms with Crippen LogP contribution in [0.15, 0.2) is 36.9 Å². The molecule has 7 nitrogen and oxygen atoms in total. The van der Waals surface area contributed by atoms with E-state index in [1.54, 1.807) is 24.5 Å². The van der Waals surface area contributed by atoms with Gasteiger partial charge < -0.3 is 10.3 Å². The molecule has 0 atom stereocenters. The molecule has 24 heavy (non-hydrogen) atoms. The van der Waals surface area contributed by atoms with Crippen molar-refractivity contribution in [3.8, 4) is 17.1 Å². The zero-order chi connectivity index (χ0) is 16.8. The van der Waals surface area contributed by atoms with Crippen LogP contribution in [0.1, 0.15) is 0 Å². The van der Waals surface area contributed by atoms with Crippen LogP contribution in [0.25, 0.3) is 28.1 Å². The van der Waals surface area contributed by atoms with E-state index in [1.807, 2.05) is 17.7 Å². The zero-order valence-corrected chi connectivity index (χ0v) is 14.0. The van der Waals surface area contributed by atoms with Gasteiger partial charge in [-0.3, -0.25) is 4.98 Å². The van der Waals surface area contributed by atoms with Crippen molar-refractivity contribution in [3.05, 3.63) is 47.0 Å². The zero-order valence-electron chi connectivity index (χ0n) is 12.5. The number of rotatable bonds is 2. The first-order valence-electron chi connectivity index (χ1n) is 6.98. The van der Waals surface area contributed by atoms with Gasteiger partial charge in [0.1, 0.15) is 11.8 Å². The van der Waals surface area contributed by atoms with E-state index in [1.165, 1.54) is 11.0 Å². The molecule has 0 amide bonds. The van der Waals surface area contributed by atoms with Crippen molar-refractivity contribution in [2.45, 2.75) is 0 Å². The van der Waals surface area contributed by atoms with E-state index in [-0.39, 0.29) is 5.95 Å². The van der Waals surface area contributed by atoms with Gasteiger partial charge in [-0.25, -0.2) is 4.98 Å². The summed E-state index contributed by atoms with van der Waals surface area (Å²) < 4.78 is 3.34. The number of pyridine rings is 1. The molecule has 1 aromatic carbocycles. The van der Waals surface area contributed by atoms with E-state index in [9.17, 15) is 0 Å². The Bertz CT molecular complexity index is 1070. The lowest BCUT2D eigenvalue weighted by Gasteiger charge is -2.08. The highest BCUT2D eigenvalue weighted by molar-refractivity contribution is 6.36. The molecular formula is C15H11Cl2N7. The lowest BCUT2D eigenvalue weighted by molar-refractivity contribution is 0.768. The molecule has 0 spiro atoms. The van der Waals surface area contributed by atoms with E-state index in [0.29, 0.717) is 21.5 Å². The van der Waals surface area contributed by atoms with Crippen molar-refractivity contribution >= 4 is 40.2 Å². The molecule has 0 saturated heterocycles. The van der Waals surface area contributed by atoms with Crippen molar-refractivity contribution in [3.63, 3.8) is 0 Å². The second-order valence-electron chi connectivity index (χ2n) is 5.18. The fourth-order valence-electron chi connectivity index (χ4n) is 2.66. The van der Waals surface area contributed by atoms with E-state index >= 15 is 0 Å². The second kappa shape index (κ2) is 5.47. The van der Waals surface area contributed by atoms with Crippen LogP contribution in [0.3, 0.4) is 0 Å². The third kappa shape index (κ3) is 2.21. The molecule has 0 radical (unpaired) electrons. The minimum atomic E-state index is 0.257. The van der Waals surface area contributed by atoms with Crippen LogP contribution >= 0.6 is 23.2 Å². The molecule has 0 aliphatic carbocycles. The quantitative estimate of drug-likeness (QED) is 0.594. The maximum absolute atomic E-state index is 6.36. The third-order valence-corrected chi connectivity index (χ3v) is 4.29. The topological polar surface area (TPSA) is 87.4 Å². The molecule has 9 heteroatoms. The van der Waals surface area contributed by atoms with Gasteiger partial charge in [0.25, 0.3) is 0 Å². The number of aryl methyl sites for hydroxylation is 1. The number of nitrogens with two attached hydrogens (primary N) is 1. The van der Waals surface area contributed by atoms with Crippen LogP contribution in [0.2, 0.25) is 10.0 Å². The van der Waals surface area contributed by atoms with Gasteiger partial charge in [0, 0.05) is 29.4 Å². The van der Waals surface area contributed by atoms with E-state index in [0.717, 1.165) is 16.6 Å². The number of benzene rings is 1. The van der Waals surface area contributed by atoms with Gasteiger partial charge in [0.05, 0.1) is 16.7 Å². The summed E-state index contributed by atoms with van der Waals surface area (Å²) in [5.41, 5.74) is 9.06. The Morgan fingerprint density at radius 3 is 2.67 bits per heavy atom. The highest BCUT2D eigenvalue weighted by Gasteiger charge is 2.18.